The Kier molecular flexibility index (Phi) is 6.48. The lowest BCUT2D eigenvalue weighted by Gasteiger charge is -2.24. The van der Waals surface area contributed by atoms with Crippen molar-refractivity contribution in [3.8, 4) is 0 Å². The number of rotatable bonds is 5. The molecule has 3 heterocycles. The normalized spacial score (nSPS) is 20.1. The number of fused-ring (bicyclic) bond motifs is 1. The van der Waals surface area contributed by atoms with Crippen molar-refractivity contribution in [3.05, 3.63) is 44.7 Å². The monoisotopic (exact) mass is 456 g/mol. The maximum atomic E-state index is 13.5. The standard InChI is InChI=1S/C23H28N4O2S2/c1-4-15(3)27-22(29)18(31-23(27)30)13-17-19(24-16-10-6-5-7-11-16)25-20-14(2)9-8-12-26(20)21(17)28/h8-9,12-13,15-16,24H,4-7,10-11H2,1-3H3/b18-13+. The number of aryl methyl sites for hydroxylation is 1. The number of pyridine rings is 1. The Balaban J connectivity index is 1.82. The Morgan fingerprint density at radius 1 is 1.32 bits per heavy atom. The first-order valence-electron chi connectivity index (χ1n) is 11.0. The van der Waals surface area contributed by atoms with Gasteiger partial charge in [-0.2, -0.15) is 0 Å². The van der Waals surface area contributed by atoms with Gasteiger partial charge in [0.1, 0.15) is 15.8 Å². The first-order valence-corrected chi connectivity index (χ1v) is 12.2. The number of amides is 1. The molecule has 2 aliphatic rings. The van der Waals surface area contributed by atoms with E-state index in [1.165, 1.54) is 31.0 Å². The van der Waals surface area contributed by atoms with Gasteiger partial charge in [0.2, 0.25) is 0 Å². The van der Waals surface area contributed by atoms with Gasteiger partial charge in [-0.25, -0.2) is 4.98 Å². The molecule has 1 saturated heterocycles. The lowest BCUT2D eigenvalue weighted by Crippen LogP contribution is -2.36. The number of nitrogens with zero attached hydrogens (tertiary/aromatic N) is 3. The molecule has 2 aromatic heterocycles. The maximum Gasteiger partial charge on any atom is 0.267 e. The molecular formula is C23H28N4O2S2. The van der Waals surface area contributed by atoms with Crippen molar-refractivity contribution in [2.45, 2.75) is 71.4 Å². The number of carbonyl (C=O) groups excluding carboxylic acids is 1. The second-order valence-corrected chi connectivity index (χ2v) is 10.0. The smallest absolute Gasteiger partial charge is 0.267 e. The molecule has 1 atom stereocenters. The third-order valence-corrected chi connectivity index (χ3v) is 7.49. The lowest BCUT2D eigenvalue weighted by molar-refractivity contribution is -0.123. The average Bonchev–Trinajstić information content (AvgIpc) is 3.04. The van der Waals surface area contributed by atoms with Gasteiger partial charge in [0.15, 0.2) is 0 Å². The number of anilines is 1. The van der Waals surface area contributed by atoms with Crippen LogP contribution in [0.2, 0.25) is 0 Å². The first-order chi connectivity index (χ1) is 14.9. The Hall–Kier alpha value is -2.19. The van der Waals surface area contributed by atoms with Gasteiger partial charge in [0.25, 0.3) is 11.5 Å². The fourth-order valence-electron chi connectivity index (χ4n) is 4.17. The number of aromatic nitrogens is 2. The summed E-state index contributed by atoms with van der Waals surface area (Å²) in [5, 5.41) is 3.52. The van der Waals surface area contributed by atoms with Crippen LogP contribution in [0.5, 0.6) is 0 Å². The molecule has 1 amide bonds. The molecular weight excluding hydrogens is 428 g/mol. The summed E-state index contributed by atoms with van der Waals surface area (Å²) in [7, 11) is 0. The van der Waals surface area contributed by atoms with Crippen molar-refractivity contribution in [1.82, 2.24) is 14.3 Å². The molecule has 1 unspecified atom stereocenters. The summed E-state index contributed by atoms with van der Waals surface area (Å²) in [6.07, 6.45) is 9.93. The molecule has 2 fully saturated rings. The third-order valence-electron chi connectivity index (χ3n) is 6.16. The van der Waals surface area contributed by atoms with Crippen LogP contribution < -0.4 is 10.9 Å². The molecule has 1 saturated carbocycles. The van der Waals surface area contributed by atoms with Crippen LogP contribution in [0.1, 0.15) is 63.5 Å². The summed E-state index contributed by atoms with van der Waals surface area (Å²) in [6, 6.07) is 4.10. The minimum absolute atomic E-state index is 0.0247. The van der Waals surface area contributed by atoms with Crippen LogP contribution >= 0.6 is 24.0 Å². The number of thiocarbonyl (C=S) groups is 1. The molecule has 1 N–H and O–H groups in total. The second-order valence-electron chi connectivity index (χ2n) is 8.35. The van der Waals surface area contributed by atoms with Crippen LogP contribution in [0.15, 0.2) is 28.0 Å². The Morgan fingerprint density at radius 2 is 2.06 bits per heavy atom. The fraction of sp³-hybridized carbons (Fsp3) is 0.478. The fourth-order valence-corrected chi connectivity index (χ4v) is 5.61. The highest BCUT2D eigenvalue weighted by Crippen LogP contribution is 2.35. The minimum atomic E-state index is -0.180. The third kappa shape index (κ3) is 4.28. The van der Waals surface area contributed by atoms with Crippen molar-refractivity contribution in [2.24, 2.45) is 0 Å². The van der Waals surface area contributed by atoms with Crippen LogP contribution in [0, 0.1) is 6.92 Å². The molecule has 0 radical (unpaired) electrons. The topological polar surface area (TPSA) is 66.7 Å². The van der Waals surface area contributed by atoms with E-state index in [-0.39, 0.29) is 23.6 Å². The Bertz CT molecular complexity index is 1120. The minimum Gasteiger partial charge on any atom is -0.367 e. The number of thioether (sulfide) groups is 1. The van der Waals surface area contributed by atoms with Crippen LogP contribution in [-0.2, 0) is 4.79 Å². The van der Waals surface area contributed by atoms with E-state index in [9.17, 15) is 9.59 Å². The Labute approximate surface area is 192 Å². The molecule has 6 nitrogen and oxygen atoms in total. The van der Waals surface area contributed by atoms with Crippen LogP contribution in [0.3, 0.4) is 0 Å². The molecule has 1 aliphatic heterocycles. The number of hydrogen-bond donors (Lipinski definition) is 1. The number of nitrogens with one attached hydrogen (secondary N) is 1. The van der Waals surface area contributed by atoms with E-state index in [0.717, 1.165) is 24.8 Å². The highest BCUT2D eigenvalue weighted by molar-refractivity contribution is 8.26. The molecule has 8 heteroatoms. The van der Waals surface area contributed by atoms with Crippen molar-refractivity contribution < 1.29 is 4.79 Å². The van der Waals surface area contributed by atoms with E-state index < -0.39 is 0 Å². The van der Waals surface area contributed by atoms with Crippen molar-refractivity contribution in [1.29, 1.82) is 0 Å². The molecule has 0 spiro atoms. The van der Waals surface area contributed by atoms with Gasteiger partial charge in [-0.15, -0.1) is 0 Å². The molecule has 4 rings (SSSR count). The molecule has 31 heavy (non-hydrogen) atoms. The lowest BCUT2D eigenvalue weighted by atomic mass is 9.95. The largest absolute Gasteiger partial charge is 0.367 e. The van der Waals surface area contributed by atoms with Crippen LogP contribution in [0.25, 0.3) is 11.7 Å². The SMILES string of the molecule is CCC(C)N1C(=O)/C(=C\c2c(NC3CCCCC3)nc3c(C)cccn3c2=O)SC1=S. The molecule has 164 valence electrons. The van der Waals surface area contributed by atoms with E-state index in [1.54, 1.807) is 21.6 Å². The van der Waals surface area contributed by atoms with Crippen LogP contribution in [0.4, 0.5) is 5.82 Å². The van der Waals surface area contributed by atoms with Crippen molar-refractivity contribution >= 4 is 51.7 Å². The quantitative estimate of drug-likeness (QED) is 0.517. The second kappa shape index (κ2) is 9.12. The molecule has 2 aromatic rings. The first kappa shape index (κ1) is 22.0. The van der Waals surface area contributed by atoms with Crippen molar-refractivity contribution in [3.63, 3.8) is 0 Å². The zero-order valence-corrected chi connectivity index (χ0v) is 19.8. The zero-order valence-electron chi connectivity index (χ0n) is 18.2. The van der Waals surface area contributed by atoms with E-state index in [4.69, 9.17) is 17.2 Å². The van der Waals surface area contributed by atoms with E-state index in [2.05, 4.69) is 5.32 Å². The molecule has 1 aliphatic carbocycles. The van der Waals surface area contributed by atoms with E-state index >= 15 is 0 Å². The number of hydrogen-bond acceptors (Lipinski definition) is 6. The van der Waals surface area contributed by atoms with Gasteiger partial charge in [0, 0.05) is 18.3 Å². The van der Waals surface area contributed by atoms with Crippen molar-refractivity contribution in [2.75, 3.05) is 5.32 Å². The molecule has 0 aromatic carbocycles. The van der Waals surface area contributed by atoms with E-state index in [0.29, 0.717) is 26.3 Å². The van der Waals surface area contributed by atoms with Gasteiger partial charge >= 0.3 is 0 Å². The van der Waals surface area contributed by atoms with Gasteiger partial charge in [-0.3, -0.25) is 18.9 Å². The summed E-state index contributed by atoms with van der Waals surface area (Å²) in [5.41, 5.74) is 1.80. The predicted octanol–water partition coefficient (Wildman–Crippen LogP) is 4.75. The summed E-state index contributed by atoms with van der Waals surface area (Å²) >= 11 is 6.71. The molecule has 0 bridgehead atoms. The average molecular weight is 457 g/mol. The summed E-state index contributed by atoms with van der Waals surface area (Å²) in [6.45, 7) is 5.96. The zero-order chi connectivity index (χ0) is 22.1. The summed E-state index contributed by atoms with van der Waals surface area (Å²) < 4.78 is 2.10. The highest BCUT2D eigenvalue weighted by atomic mass is 32.2. The van der Waals surface area contributed by atoms with Gasteiger partial charge in [0.05, 0.1) is 10.5 Å². The summed E-state index contributed by atoms with van der Waals surface area (Å²) in [5.74, 6) is 0.418. The van der Waals surface area contributed by atoms with E-state index in [1.807, 2.05) is 32.9 Å². The van der Waals surface area contributed by atoms with Crippen LogP contribution in [-0.4, -0.2) is 36.6 Å². The van der Waals surface area contributed by atoms with Gasteiger partial charge in [-0.1, -0.05) is 56.2 Å². The Morgan fingerprint density at radius 3 is 2.77 bits per heavy atom. The summed E-state index contributed by atoms with van der Waals surface area (Å²) in [4.78, 5) is 33.5. The maximum absolute atomic E-state index is 13.5. The highest BCUT2D eigenvalue weighted by Gasteiger charge is 2.35. The van der Waals surface area contributed by atoms with Gasteiger partial charge in [-0.05, 0) is 50.8 Å². The van der Waals surface area contributed by atoms with Gasteiger partial charge < -0.3 is 5.32 Å². The number of carbonyl (C=O) groups is 1. The predicted molar refractivity (Wildman–Crippen MR) is 131 cm³/mol.